The Hall–Kier alpha value is -4.31. The van der Waals surface area contributed by atoms with Crippen molar-refractivity contribution in [1.29, 1.82) is 0 Å². The molecule has 18 heteroatoms. The van der Waals surface area contributed by atoms with E-state index in [1.54, 1.807) is 0 Å². The molecule has 0 aromatic heterocycles. The molecule has 5 atom stereocenters. The normalized spacial score (nSPS) is 14.7. The van der Waals surface area contributed by atoms with Crippen molar-refractivity contribution < 1.29 is 75.8 Å². The zero-order chi connectivity index (χ0) is 75.2. The predicted molar refractivity (Wildman–Crippen MR) is 426 cm³/mol. The summed E-state index contributed by atoms with van der Waals surface area (Å²) in [5.41, 5.74) is 0. The van der Waals surface area contributed by atoms with Crippen LogP contribution in [0.3, 0.4) is 0 Å². The molecule has 0 saturated carbocycles. The Kier molecular flexibility index (Phi) is 74.1. The van der Waals surface area contributed by atoms with Crippen LogP contribution in [-0.4, -0.2) is 95.9 Å². The summed E-state index contributed by atoms with van der Waals surface area (Å²) in [4.78, 5) is 58.6. The van der Waals surface area contributed by atoms with Crippen molar-refractivity contribution in [2.45, 2.75) is 347 Å². The topological polar surface area (TPSA) is 231 Å². The van der Waals surface area contributed by atoms with E-state index in [9.17, 15) is 43.5 Å². The molecule has 0 spiro atoms. The number of esters is 3. The van der Waals surface area contributed by atoms with E-state index < -0.39 is 91.5 Å². The highest BCUT2D eigenvalue weighted by Gasteiger charge is 2.29. The third-order valence-corrected chi connectivity index (χ3v) is 18.7. The van der Waals surface area contributed by atoms with E-state index >= 15 is 0 Å². The second-order valence-corrected chi connectivity index (χ2v) is 29.7. The van der Waals surface area contributed by atoms with E-state index in [4.69, 9.17) is 32.3 Å². The summed E-state index contributed by atoms with van der Waals surface area (Å²) >= 11 is 0. The first-order valence-electron chi connectivity index (χ1n) is 40.5. The summed E-state index contributed by atoms with van der Waals surface area (Å²) in [6, 6.07) is 0. The van der Waals surface area contributed by atoms with Gasteiger partial charge in [-0.2, -0.15) is 0 Å². The molecule has 16 nitrogen and oxygen atoms in total. The molecule has 0 fully saturated rings. The molecular weight excluding hydrogens is 1340 g/mol. The summed E-state index contributed by atoms with van der Waals surface area (Å²) in [6.07, 6.45) is 93.9. The first-order chi connectivity index (χ1) is 50.2. The van der Waals surface area contributed by atoms with Gasteiger partial charge >= 0.3 is 33.6 Å². The van der Waals surface area contributed by atoms with Crippen molar-refractivity contribution in [2.24, 2.45) is 0 Å². The lowest BCUT2D eigenvalue weighted by Crippen LogP contribution is -2.30. The Morgan fingerprint density at radius 2 is 0.515 bits per heavy atom. The number of unbranched alkanes of at least 4 members (excludes halogenated alkanes) is 31. The fraction of sp³-hybridized carbons (Fsp3) is 0.706. The van der Waals surface area contributed by atoms with Gasteiger partial charge in [-0.3, -0.25) is 32.5 Å². The van der Waals surface area contributed by atoms with Gasteiger partial charge in [-0.15, -0.1) is 0 Å². The second-order valence-electron chi connectivity index (χ2n) is 26.8. The number of rotatable bonds is 76. The third-order valence-electron chi connectivity index (χ3n) is 16.8. The fourth-order valence-corrected chi connectivity index (χ4v) is 12.3. The highest BCUT2D eigenvalue weighted by atomic mass is 31.2. The van der Waals surface area contributed by atoms with E-state index in [0.717, 1.165) is 141 Å². The molecular formula is C85H146O16P2. The molecule has 0 aromatic carbocycles. The molecule has 4 N–H and O–H groups in total. The van der Waals surface area contributed by atoms with Gasteiger partial charge in [0.05, 0.1) is 26.4 Å². The first-order valence-corrected chi connectivity index (χ1v) is 43.5. The van der Waals surface area contributed by atoms with Gasteiger partial charge in [0, 0.05) is 19.3 Å². The summed E-state index contributed by atoms with van der Waals surface area (Å²) < 4.78 is 61.1. The molecule has 0 aliphatic heterocycles. The number of ether oxygens (including phenoxy) is 3. The number of phosphoric acid groups is 2. The average molecular weight is 1490 g/mol. The molecule has 592 valence electrons. The van der Waals surface area contributed by atoms with Gasteiger partial charge in [-0.25, -0.2) is 9.13 Å². The van der Waals surface area contributed by atoms with Gasteiger partial charge in [-0.05, 0) is 135 Å². The number of carbonyl (C=O) groups is 3. The third kappa shape index (κ3) is 78.6. The number of carbonyl (C=O) groups excluding carboxylic acids is 3. The van der Waals surface area contributed by atoms with E-state index in [2.05, 4.69) is 154 Å². The summed E-state index contributed by atoms with van der Waals surface area (Å²) in [5.74, 6) is -1.62. The van der Waals surface area contributed by atoms with Crippen LogP contribution in [0.25, 0.3) is 0 Å². The maximum Gasteiger partial charge on any atom is 0.472 e. The van der Waals surface area contributed by atoms with Crippen LogP contribution >= 0.6 is 15.6 Å². The molecule has 0 bridgehead atoms. The molecule has 0 amide bonds. The second kappa shape index (κ2) is 77.3. The summed E-state index contributed by atoms with van der Waals surface area (Å²) in [5, 5.41) is 20.6. The van der Waals surface area contributed by atoms with Gasteiger partial charge < -0.3 is 34.2 Å². The maximum absolute atomic E-state index is 12.9. The number of aliphatic hydroxyl groups is 2. The Balaban J connectivity index is 4.38. The number of aliphatic hydroxyl groups excluding tert-OH is 2. The van der Waals surface area contributed by atoms with E-state index in [1.165, 1.54) is 128 Å². The van der Waals surface area contributed by atoms with Crippen molar-refractivity contribution in [3.05, 3.63) is 134 Å². The van der Waals surface area contributed by atoms with Crippen molar-refractivity contribution >= 4 is 33.6 Å². The molecule has 0 heterocycles. The van der Waals surface area contributed by atoms with Gasteiger partial charge in [0.2, 0.25) is 0 Å². The van der Waals surface area contributed by atoms with Crippen molar-refractivity contribution in [3.63, 3.8) is 0 Å². The lowest BCUT2D eigenvalue weighted by atomic mass is 10.0. The lowest BCUT2D eigenvalue weighted by molar-refractivity contribution is -0.161. The minimum absolute atomic E-state index is 0.0852. The Morgan fingerprint density at radius 3 is 0.835 bits per heavy atom. The van der Waals surface area contributed by atoms with E-state index in [0.29, 0.717) is 19.3 Å². The fourth-order valence-electron chi connectivity index (χ4n) is 10.7. The van der Waals surface area contributed by atoms with Crippen LogP contribution in [-0.2, 0) is 55.8 Å². The predicted octanol–water partition coefficient (Wildman–Crippen LogP) is 23.9. The summed E-state index contributed by atoms with van der Waals surface area (Å²) in [6.45, 7) is 2.40. The maximum atomic E-state index is 12.9. The Labute approximate surface area is 626 Å². The standard InChI is InChI=1S/C85H146O16P2/c1-4-7-10-13-16-19-22-25-27-29-31-32-33-34-35-36-37-38-39-40-41-42-43-44-45-46-48-50-51-54-56-59-62-65-68-71-83(88)95-74-80(86)75-97-102(91,92)98-76-81(87)77-99-103(93,94)100-79-82(101-85(90)73-70-67-64-61-58-53-24-21-18-15-12-9-6-3)78-96-84(89)72-69-66-63-60-57-55-52-49-47-30-28-26-23-20-17-14-11-8-5-2/h7-8,10-11,16-17,19-21,24-28,31-32,34-35,47,49,55,57,80-82,86-87H,4-6,9,12-15,18,22-23,29-30,33,36-46,48,50-54,56,58-79H2,1-3H3,(H,91,92)(H,93,94)/b10-7-,11-8-,19-16-,20-17-,24-21-,27-25-,28-26-,32-31-,35-34-,49-47-,57-55-. The van der Waals surface area contributed by atoms with Crippen LogP contribution in [0.5, 0.6) is 0 Å². The van der Waals surface area contributed by atoms with Gasteiger partial charge in [-0.1, -0.05) is 309 Å². The van der Waals surface area contributed by atoms with Gasteiger partial charge in [0.15, 0.2) is 6.10 Å². The monoisotopic (exact) mass is 1490 g/mol. The Bertz CT molecular complexity index is 2410. The molecule has 0 aliphatic rings. The van der Waals surface area contributed by atoms with Crippen molar-refractivity contribution in [3.8, 4) is 0 Å². The SMILES string of the molecule is CC/C=C\C/C=C\C/C=C\C/C=C\C/C=C\CCCCCCCCCCCCCCCCCCCCCC(=O)OCC(O)COP(=O)(O)OCC(O)COP(=O)(O)OCC(COC(=O)CCCCC/C=C\C/C=C\C/C=C\C/C=C\C/C=C\CC)OC(=O)CCCCCCC/C=C\CCCCCC. The van der Waals surface area contributed by atoms with Crippen LogP contribution in [0.1, 0.15) is 329 Å². The molecule has 0 rings (SSSR count). The molecule has 5 unspecified atom stereocenters. The van der Waals surface area contributed by atoms with Crippen LogP contribution in [0.4, 0.5) is 0 Å². The van der Waals surface area contributed by atoms with Crippen LogP contribution in [0, 0.1) is 0 Å². The molecule has 103 heavy (non-hydrogen) atoms. The van der Waals surface area contributed by atoms with Crippen LogP contribution < -0.4 is 0 Å². The number of allylic oxidation sites excluding steroid dienone is 22. The number of hydrogen-bond donors (Lipinski definition) is 4. The van der Waals surface area contributed by atoms with Crippen LogP contribution in [0.2, 0.25) is 0 Å². The molecule has 0 aliphatic carbocycles. The van der Waals surface area contributed by atoms with Crippen molar-refractivity contribution in [2.75, 3.05) is 39.6 Å². The number of phosphoric ester groups is 2. The van der Waals surface area contributed by atoms with Crippen molar-refractivity contribution in [1.82, 2.24) is 0 Å². The zero-order valence-corrected chi connectivity index (χ0v) is 66.5. The zero-order valence-electron chi connectivity index (χ0n) is 64.7. The van der Waals surface area contributed by atoms with E-state index in [1.807, 2.05) is 0 Å². The van der Waals surface area contributed by atoms with Crippen LogP contribution in [0.15, 0.2) is 134 Å². The average Bonchev–Trinajstić information content (AvgIpc) is 0.925. The lowest BCUT2D eigenvalue weighted by Gasteiger charge is -2.21. The summed E-state index contributed by atoms with van der Waals surface area (Å²) in [7, 11) is -9.80. The van der Waals surface area contributed by atoms with Gasteiger partial charge in [0.25, 0.3) is 0 Å². The minimum Gasteiger partial charge on any atom is -0.463 e. The molecule has 0 radical (unpaired) electrons. The minimum atomic E-state index is -4.94. The highest BCUT2D eigenvalue weighted by molar-refractivity contribution is 7.47. The first kappa shape index (κ1) is 98.7. The number of hydrogen-bond acceptors (Lipinski definition) is 14. The van der Waals surface area contributed by atoms with E-state index in [-0.39, 0.29) is 19.3 Å². The quantitative estimate of drug-likeness (QED) is 0.0146. The largest absolute Gasteiger partial charge is 0.472 e. The molecule has 0 saturated heterocycles. The molecule has 0 aromatic rings. The smallest absolute Gasteiger partial charge is 0.463 e. The highest BCUT2D eigenvalue weighted by Crippen LogP contribution is 2.45. The Morgan fingerprint density at radius 1 is 0.282 bits per heavy atom. The van der Waals surface area contributed by atoms with Gasteiger partial charge in [0.1, 0.15) is 25.4 Å².